The smallest absolute Gasteiger partial charge is 0.326 e. The fourth-order valence-electron chi connectivity index (χ4n) is 2.00. The average molecular weight is 270 g/mol. The van der Waals surface area contributed by atoms with Crippen molar-refractivity contribution < 1.29 is 19.4 Å². The lowest BCUT2D eigenvalue weighted by Crippen LogP contribution is -2.49. The highest BCUT2D eigenvalue weighted by atomic mass is 16.5. The zero-order valence-corrected chi connectivity index (χ0v) is 11.5. The minimum atomic E-state index is -0.983. The predicted octanol–water partition coefficient (Wildman–Crippen LogP) is 1.23. The van der Waals surface area contributed by atoms with Gasteiger partial charge >= 0.3 is 12.0 Å². The zero-order valence-electron chi connectivity index (χ0n) is 11.5. The number of ether oxygens (including phenoxy) is 1. The highest BCUT2D eigenvalue weighted by molar-refractivity contribution is 5.82. The van der Waals surface area contributed by atoms with E-state index in [1.807, 2.05) is 13.0 Å². The number of nitrogens with one attached hydrogen (secondary N) is 1. The van der Waals surface area contributed by atoms with E-state index in [0.717, 1.165) is 12.8 Å². The van der Waals surface area contributed by atoms with Crippen molar-refractivity contribution >= 4 is 12.0 Å². The van der Waals surface area contributed by atoms with Crippen LogP contribution in [-0.4, -0.2) is 54.9 Å². The molecule has 0 aliphatic carbocycles. The van der Waals surface area contributed by atoms with Gasteiger partial charge in [-0.15, -0.1) is 0 Å². The second kappa shape index (κ2) is 7.78. The Morgan fingerprint density at radius 3 is 2.79 bits per heavy atom. The third kappa shape index (κ3) is 4.90. The first kappa shape index (κ1) is 15.5. The van der Waals surface area contributed by atoms with Crippen LogP contribution in [-0.2, 0) is 9.53 Å². The SMILES string of the molecule is CCC[C@H](NC(=O)N1CC=C(COC)CC1)C(=O)O. The van der Waals surface area contributed by atoms with Crippen molar-refractivity contribution in [1.82, 2.24) is 10.2 Å². The summed E-state index contributed by atoms with van der Waals surface area (Å²) in [5.41, 5.74) is 1.18. The molecule has 0 saturated heterocycles. The van der Waals surface area contributed by atoms with Crippen molar-refractivity contribution in [1.29, 1.82) is 0 Å². The van der Waals surface area contributed by atoms with Crippen LogP contribution in [0.2, 0.25) is 0 Å². The molecule has 0 unspecified atom stereocenters. The van der Waals surface area contributed by atoms with Crippen LogP contribution in [0.4, 0.5) is 4.79 Å². The molecule has 0 fully saturated rings. The van der Waals surface area contributed by atoms with Gasteiger partial charge in [0.15, 0.2) is 0 Å². The van der Waals surface area contributed by atoms with E-state index >= 15 is 0 Å². The van der Waals surface area contributed by atoms with Gasteiger partial charge in [0, 0.05) is 20.2 Å². The number of urea groups is 1. The van der Waals surface area contributed by atoms with E-state index in [4.69, 9.17) is 9.84 Å². The molecule has 2 amide bonds. The minimum absolute atomic E-state index is 0.312. The molecule has 0 radical (unpaired) electrons. The molecule has 1 heterocycles. The summed E-state index contributed by atoms with van der Waals surface area (Å²) in [6, 6.07) is -1.12. The van der Waals surface area contributed by atoms with Gasteiger partial charge in [-0.1, -0.05) is 19.4 Å². The molecule has 0 spiro atoms. The Labute approximate surface area is 113 Å². The van der Waals surface area contributed by atoms with Crippen LogP contribution in [0.1, 0.15) is 26.2 Å². The number of rotatable bonds is 6. The molecular weight excluding hydrogens is 248 g/mol. The van der Waals surface area contributed by atoms with E-state index in [1.54, 1.807) is 12.0 Å². The first-order chi connectivity index (χ1) is 9.08. The summed E-state index contributed by atoms with van der Waals surface area (Å²) in [6.45, 7) is 3.58. The van der Waals surface area contributed by atoms with Crippen LogP contribution in [0.25, 0.3) is 0 Å². The van der Waals surface area contributed by atoms with Gasteiger partial charge < -0.3 is 20.1 Å². The third-order valence-electron chi connectivity index (χ3n) is 3.09. The number of carboxylic acids is 1. The lowest BCUT2D eigenvalue weighted by Gasteiger charge is -2.28. The largest absolute Gasteiger partial charge is 0.480 e. The number of methoxy groups -OCH3 is 1. The molecule has 1 aliphatic rings. The summed E-state index contributed by atoms with van der Waals surface area (Å²) in [6.07, 6.45) is 3.89. The second-order valence-electron chi connectivity index (χ2n) is 4.62. The Kier molecular flexibility index (Phi) is 6.35. The molecule has 19 heavy (non-hydrogen) atoms. The maximum Gasteiger partial charge on any atom is 0.326 e. The van der Waals surface area contributed by atoms with Crippen molar-refractivity contribution in [3.05, 3.63) is 11.6 Å². The number of hydrogen-bond acceptors (Lipinski definition) is 3. The predicted molar refractivity (Wildman–Crippen MR) is 71.0 cm³/mol. The number of nitrogens with zero attached hydrogens (tertiary/aromatic N) is 1. The lowest BCUT2D eigenvalue weighted by atomic mass is 10.1. The number of carboxylic acid groups (broad SMARTS) is 1. The normalized spacial score (nSPS) is 16.7. The average Bonchev–Trinajstić information content (AvgIpc) is 2.39. The van der Waals surface area contributed by atoms with Crippen molar-refractivity contribution in [2.75, 3.05) is 26.8 Å². The summed E-state index contributed by atoms with van der Waals surface area (Å²) in [7, 11) is 1.64. The Bertz CT molecular complexity index is 355. The summed E-state index contributed by atoms with van der Waals surface area (Å²) in [5.74, 6) is -0.983. The fraction of sp³-hybridized carbons (Fsp3) is 0.692. The first-order valence-electron chi connectivity index (χ1n) is 6.53. The van der Waals surface area contributed by atoms with E-state index in [1.165, 1.54) is 5.57 Å². The maximum atomic E-state index is 11.9. The van der Waals surface area contributed by atoms with Gasteiger partial charge in [0.2, 0.25) is 0 Å². The quantitative estimate of drug-likeness (QED) is 0.711. The fourth-order valence-corrected chi connectivity index (χ4v) is 2.00. The molecule has 1 rings (SSSR count). The van der Waals surface area contributed by atoms with Gasteiger partial charge in [-0.25, -0.2) is 9.59 Å². The highest BCUT2D eigenvalue weighted by Gasteiger charge is 2.23. The van der Waals surface area contributed by atoms with E-state index in [2.05, 4.69) is 5.32 Å². The van der Waals surface area contributed by atoms with Crippen molar-refractivity contribution in [3.8, 4) is 0 Å². The van der Waals surface area contributed by atoms with Crippen LogP contribution in [0.15, 0.2) is 11.6 Å². The molecule has 2 N–H and O–H groups in total. The number of amides is 2. The van der Waals surface area contributed by atoms with Gasteiger partial charge in [0.25, 0.3) is 0 Å². The third-order valence-corrected chi connectivity index (χ3v) is 3.09. The number of aliphatic carboxylic acids is 1. The molecule has 1 atom stereocenters. The molecular formula is C13H22N2O4. The maximum absolute atomic E-state index is 11.9. The van der Waals surface area contributed by atoms with E-state index in [0.29, 0.717) is 26.1 Å². The number of carbonyl (C=O) groups excluding carboxylic acids is 1. The van der Waals surface area contributed by atoms with E-state index < -0.39 is 12.0 Å². The molecule has 6 heteroatoms. The summed E-state index contributed by atoms with van der Waals surface area (Å²) >= 11 is 0. The Hall–Kier alpha value is -1.56. The van der Waals surface area contributed by atoms with Gasteiger partial charge in [-0.2, -0.15) is 0 Å². The number of carbonyl (C=O) groups is 2. The number of hydrogen-bond donors (Lipinski definition) is 2. The molecule has 0 aromatic heterocycles. The molecule has 0 aromatic rings. The van der Waals surface area contributed by atoms with Gasteiger partial charge in [-0.05, 0) is 18.4 Å². The second-order valence-corrected chi connectivity index (χ2v) is 4.62. The Morgan fingerprint density at radius 2 is 2.32 bits per heavy atom. The van der Waals surface area contributed by atoms with Crippen molar-refractivity contribution in [2.45, 2.75) is 32.2 Å². The van der Waals surface area contributed by atoms with E-state index in [9.17, 15) is 9.59 Å². The summed E-state index contributed by atoms with van der Waals surface area (Å²) in [5, 5.41) is 11.6. The van der Waals surface area contributed by atoms with Crippen molar-refractivity contribution in [2.24, 2.45) is 0 Å². The molecule has 1 aliphatic heterocycles. The molecule has 108 valence electrons. The highest BCUT2D eigenvalue weighted by Crippen LogP contribution is 2.11. The molecule has 0 bridgehead atoms. The lowest BCUT2D eigenvalue weighted by molar-refractivity contribution is -0.139. The minimum Gasteiger partial charge on any atom is -0.480 e. The molecule has 0 saturated carbocycles. The van der Waals surface area contributed by atoms with Crippen LogP contribution < -0.4 is 5.32 Å². The molecule has 0 aromatic carbocycles. The van der Waals surface area contributed by atoms with Crippen molar-refractivity contribution in [3.63, 3.8) is 0 Å². The van der Waals surface area contributed by atoms with Gasteiger partial charge in [0.1, 0.15) is 6.04 Å². The monoisotopic (exact) mass is 270 g/mol. The zero-order chi connectivity index (χ0) is 14.3. The topological polar surface area (TPSA) is 78.9 Å². The van der Waals surface area contributed by atoms with Crippen LogP contribution in [0, 0.1) is 0 Å². The Balaban J connectivity index is 2.48. The van der Waals surface area contributed by atoms with E-state index in [-0.39, 0.29) is 6.03 Å². The van der Waals surface area contributed by atoms with Gasteiger partial charge in [0.05, 0.1) is 6.61 Å². The summed E-state index contributed by atoms with van der Waals surface area (Å²) in [4.78, 5) is 24.5. The van der Waals surface area contributed by atoms with Crippen LogP contribution >= 0.6 is 0 Å². The van der Waals surface area contributed by atoms with Crippen LogP contribution in [0.5, 0.6) is 0 Å². The first-order valence-corrected chi connectivity index (χ1v) is 6.53. The Morgan fingerprint density at radius 1 is 1.58 bits per heavy atom. The summed E-state index contributed by atoms with van der Waals surface area (Å²) < 4.78 is 5.04. The standard InChI is InChI=1S/C13H22N2O4/c1-3-4-11(12(16)17)14-13(18)15-7-5-10(6-8-15)9-19-2/h5,11H,3-4,6-9H2,1-2H3,(H,14,18)(H,16,17)/t11-/m0/s1. The van der Waals surface area contributed by atoms with Gasteiger partial charge in [-0.3, -0.25) is 0 Å². The molecule has 6 nitrogen and oxygen atoms in total. The van der Waals surface area contributed by atoms with Crippen LogP contribution in [0.3, 0.4) is 0 Å².